The molecule has 7 heteroatoms. The summed E-state index contributed by atoms with van der Waals surface area (Å²) in [5.74, 6) is 0.0682. The Bertz CT molecular complexity index is 966. The first-order chi connectivity index (χ1) is 13.5. The van der Waals surface area contributed by atoms with Gasteiger partial charge in [0.15, 0.2) is 11.6 Å². The highest BCUT2D eigenvalue weighted by atomic mass is 19.1. The first kappa shape index (κ1) is 18.6. The molecule has 1 aromatic carbocycles. The molecule has 0 bridgehead atoms. The number of benzene rings is 1. The van der Waals surface area contributed by atoms with Crippen LogP contribution < -0.4 is 5.32 Å². The second-order valence-electron chi connectivity index (χ2n) is 7.47. The molecule has 0 aliphatic carbocycles. The van der Waals surface area contributed by atoms with Crippen LogP contribution in [0.25, 0.3) is 5.82 Å². The van der Waals surface area contributed by atoms with Crippen molar-refractivity contribution in [3.8, 4) is 5.82 Å². The third-order valence-electron chi connectivity index (χ3n) is 4.86. The van der Waals surface area contributed by atoms with Crippen LogP contribution in [0.1, 0.15) is 23.1 Å². The lowest BCUT2D eigenvalue weighted by Crippen LogP contribution is -2.21. The third kappa shape index (κ3) is 4.21. The monoisotopic (exact) mass is 381 g/mol. The Morgan fingerprint density at radius 1 is 1.25 bits per heavy atom. The summed E-state index contributed by atoms with van der Waals surface area (Å²) < 4.78 is 16.0. The predicted molar refractivity (Wildman–Crippen MR) is 106 cm³/mol. The molecule has 0 radical (unpaired) electrons. The molecule has 1 aliphatic heterocycles. The third-order valence-corrected chi connectivity index (χ3v) is 4.86. The van der Waals surface area contributed by atoms with E-state index < -0.39 is 5.82 Å². The molecule has 1 unspecified atom stereocenters. The molecule has 4 rings (SSSR count). The Hall–Kier alpha value is -2.77. The van der Waals surface area contributed by atoms with Gasteiger partial charge < -0.3 is 15.0 Å². The smallest absolute Gasteiger partial charge is 0.229 e. The van der Waals surface area contributed by atoms with Crippen LogP contribution in [0.2, 0.25) is 0 Å². The molecule has 146 valence electrons. The van der Waals surface area contributed by atoms with E-state index in [1.165, 1.54) is 6.20 Å². The second-order valence-corrected chi connectivity index (χ2v) is 7.47. The van der Waals surface area contributed by atoms with Gasteiger partial charge in [0.2, 0.25) is 5.95 Å². The van der Waals surface area contributed by atoms with Gasteiger partial charge in [-0.2, -0.15) is 4.98 Å². The number of nitrogens with zero attached hydrogens (tertiary/aromatic N) is 4. The van der Waals surface area contributed by atoms with E-state index >= 15 is 0 Å². The van der Waals surface area contributed by atoms with Crippen LogP contribution >= 0.6 is 0 Å². The van der Waals surface area contributed by atoms with E-state index in [2.05, 4.69) is 26.3 Å². The number of rotatable bonds is 5. The summed E-state index contributed by atoms with van der Waals surface area (Å²) in [7, 11) is 0. The topological polar surface area (TPSA) is 66.2 Å². The zero-order chi connectivity index (χ0) is 19.7. The summed E-state index contributed by atoms with van der Waals surface area (Å²) in [4.78, 5) is 10.6. The van der Waals surface area contributed by atoms with Crippen LogP contribution in [0, 0.1) is 19.7 Å². The quantitative estimate of drug-likeness (QED) is 0.710. The van der Waals surface area contributed by atoms with Crippen molar-refractivity contribution in [2.75, 3.05) is 18.4 Å². The molecule has 0 spiro atoms. The second kappa shape index (κ2) is 7.69. The van der Waals surface area contributed by atoms with Gasteiger partial charge in [-0.1, -0.05) is 6.07 Å². The van der Waals surface area contributed by atoms with Crippen molar-refractivity contribution in [1.29, 1.82) is 0 Å². The van der Waals surface area contributed by atoms with E-state index in [1.54, 1.807) is 10.8 Å². The maximum absolute atomic E-state index is 14.4. The number of nitrogens with one attached hydrogen (secondary N) is 1. The Labute approximate surface area is 163 Å². The summed E-state index contributed by atoms with van der Waals surface area (Å²) in [5.41, 5.74) is 4.19. The molecule has 3 heterocycles. The van der Waals surface area contributed by atoms with E-state index in [0.717, 1.165) is 41.9 Å². The van der Waals surface area contributed by atoms with E-state index in [1.807, 2.05) is 38.2 Å². The lowest BCUT2D eigenvalue weighted by atomic mass is 10.1. The normalized spacial score (nSPS) is 17.2. The van der Waals surface area contributed by atoms with E-state index in [0.29, 0.717) is 12.5 Å². The fourth-order valence-corrected chi connectivity index (χ4v) is 3.66. The number of hydrogen-bond acceptors (Lipinski definition) is 5. The van der Waals surface area contributed by atoms with Crippen LogP contribution in [-0.2, 0) is 6.54 Å². The summed E-state index contributed by atoms with van der Waals surface area (Å²) in [6.07, 6.45) is 5.41. The van der Waals surface area contributed by atoms with Crippen LogP contribution in [0.3, 0.4) is 0 Å². The predicted octanol–water partition coefficient (Wildman–Crippen LogP) is 3.33. The lowest BCUT2D eigenvalue weighted by Gasteiger charge is -2.13. The molecule has 1 aliphatic rings. The fraction of sp³-hybridized carbons (Fsp3) is 0.333. The number of likely N-dealkylation sites (tertiary alicyclic amines) is 1. The van der Waals surface area contributed by atoms with Gasteiger partial charge in [-0.05, 0) is 55.2 Å². The molecule has 3 aromatic rings. The van der Waals surface area contributed by atoms with Crippen LogP contribution in [-0.4, -0.2) is 43.7 Å². The van der Waals surface area contributed by atoms with Gasteiger partial charge in [-0.15, -0.1) is 0 Å². The summed E-state index contributed by atoms with van der Waals surface area (Å²) in [6.45, 7) is 6.32. The van der Waals surface area contributed by atoms with Crippen molar-refractivity contribution < 1.29 is 9.50 Å². The minimum absolute atomic E-state index is 0.203. The highest BCUT2D eigenvalue weighted by Gasteiger charge is 2.20. The highest BCUT2D eigenvalue weighted by molar-refractivity contribution is 5.56. The average molecular weight is 381 g/mol. The summed E-state index contributed by atoms with van der Waals surface area (Å²) >= 11 is 0. The van der Waals surface area contributed by atoms with Gasteiger partial charge in [-0.3, -0.25) is 4.90 Å². The van der Waals surface area contributed by atoms with Gasteiger partial charge >= 0.3 is 0 Å². The first-order valence-electron chi connectivity index (χ1n) is 9.42. The van der Waals surface area contributed by atoms with E-state index in [-0.39, 0.29) is 11.9 Å². The maximum atomic E-state index is 14.4. The van der Waals surface area contributed by atoms with Crippen molar-refractivity contribution in [3.05, 3.63) is 65.4 Å². The van der Waals surface area contributed by atoms with Gasteiger partial charge in [0.05, 0.1) is 12.3 Å². The molecular formula is C21H24FN5O. The minimum Gasteiger partial charge on any atom is -0.392 e. The zero-order valence-corrected chi connectivity index (χ0v) is 16.1. The molecular weight excluding hydrogens is 357 g/mol. The van der Waals surface area contributed by atoms with E-state index in [9.17, 15) is 9.50 Å². The summed E-state index contributed by atoms with van der Waals surface area (Å²) in [5, 5.41) is 12.8. The number of aliphatic hydroxyl groups is 1. The Morgan fingerprint density at radius 3 is 2.75 bits per heavy atom. The van der Waals surface area contributed by atoms with Crippen molar-refractivity contribution in [2.24, 2.45) is 0 Å². The van der Waals surface area contributed by atoms with Gasteiger partial charge in [0.25, 0.3) is 0 Å². The van der Waals surface area contributed by atoms with Gasteiger partial charge in [0.1, 0.15) is 0 Å². The van der Waals surface area contributed by atoms with Crippen molar-refractivity contribution in [2.45, 2.75) is 32.9 Å². The maximum Gasteiger partial charge on any atom is 0.229 e. The number of halogens is 1. The van der Waals surface area contributed by atoms with Gasteiger partial charge in [0, 0.05) is 37.7 Å². The first-order valence-corrected chi connectivity index (χ1v) is 9.42. The Morgan fingerprint density at radius 2 is 2.04 bits per heavy atom. The molecule has 1 saturated heterocycles. The average Bonchev–Trinajstić information content (AvgIpc) is 3.25. The number of aromatic nitrogens is 3. The molecule has 28 heavy (non-hydrogen) atoms. The molecule has 1 fully saturated rings. The molecule has 0 amide bonds. The van der Waals surface area contributed by atoms with Crippen molar-refractivity contribution >= 4 is 11.6 Å². The number of aryl methyl sites for hydroxylation is 2. The number of anilines is 2. The molecule has 6 nitrogen and oxygen atoms in total. The fourth-order valence-electron chi connectivity index (χ4n) is 3.66. The lowest BCUT2D eigenvalue weighted by molar-refractivity contribution is 0.175. The number of β-amino-alcohol motifs (C(OH)–C–C–N with tert-alkyl or cyclic N) is 1. The molecule has 2 N–H and O–H groups in total. The molecule has 2 aromatic heterocycles. The largest absolute Gasteiger partial charge is 0.392 e. The standard InChI is InChI=1S/C21H24FN5O/c1-14-7-15(2)9-17(8-14)24-21-23-10-19(22)20(25-21)27-6-3-16(12-27)11-26-5-4-18(28)13-26/h3,6-10,12,18,28H,4-5,11,13H2,1-2H3,(H,23,24,25). The van der Waals surface area contributed by atoms with Crippen molar-refractivity contribution in [3.63, 3.8) is 0 Å². The molecule has 0 saturated carbocycles. The minimum atomic E-state index is -0.482. The van der Waals surface area contributed by atoms with Crippen molar-refractivity contribution in [1.82, 2.24) is 19.4 Å². The Balaban J connectivity index is 1.54. The van der Waals surface area contributed by atoms with Crippen LogP contribution in [0.4, 0.5) is 16.0 Å². The number of aliphatic hydroxyl groups excluding tert-OH is 1. The SMILES string of the molecule is Cc1cc(C)cc(Nc2ncc(F)c(-n3ccc(CN4CCC(O)C4)c3)n2)c1. The van der Waals surface area contributed by atoms with E-state index in [4.69, 9.17) is 0 Å². The van der Waals surface area contributed by atoms with Gasteiger partial charge in [-0.25, -0.2) is 9.37 Å². The number of hydrogen-bond donors (Lipinski definition) is 2. The molecule has 1 atom stereocenters. The highest BCUT2D eigenvalue weighted by Crippen LogP contribution is 2.20. The van der Waals surface area contributed by atoms with Crippen LogP contribution in [0.15, 0.2) is 42.9 Å². The van der Waals surface area contributed by atoms with Crippen LogP contribution in [0.5, 0.6) is 0 Å². The zero-order valence-electron chi connectivity index (χ0n) is 16.1. The summed E-state index contributed by atoms with van der Waals surface area (Å²) in [6, 6.07) is 8.03. The Kier molecular flexibility index (Phi) is 5.11.